The van der Waals surface area contributed by atoms with Crippen molar-refractivity contribution >= 4 is 51.3 Å². The van der Waals surface area contributed by atoms with Gasteiger partial charge in [0.15, 0.2) is 22.8 Å². The van der Waals surface area contributed by atoms with Gasteiger partial charge < -0.3 is 15.6 Å². The van der Waals surface area contributed by atoms with Crippen LogP contribution in [0.25, 0.3) is 11.2 Å². The summed E-state index contributed by atoms with van der Waals surface area (Å²) in [6.45, 7) is 5.97. The highest BCUT2D eigenvalue weighted by Crippen LogP contribution is 2.29. The number of hydrogen-bond acceptors (Lipinski definition) is 6. The molecule has 0 saturated carbocycles. The lowest BCUT2D eigenvalue weighted by Crippen LogP contribution is -2.40. The molecular formula is C22H24FIN6O2. The summed E-state index contributed by atoms with van der Waals surface area (Å²) in [5, 5.41) is 2.92. The van der Waals surface area contributed by atoms with Gasteiger partial charge in [0.25, 0.3) is 0 Å². The number of imidazole rings is 1. The summed E-state index contributed by atoms with van der Waals surface area (Å²) in [5.41, 5.74) is 8.83. The molecular weight excluding hydrogens is 526 g/mol. The van der Waals surface area contributed by atoms with E-state index < -0.39 is 6.08 Å². The number of nitrogen functional groups attached to an aromatic ring is 1. The van der Waals surface area contributed by atoms with Gasteiger partial charge in [-0.05, 0) is 73.0 Å². The van der Waals surface area contributed by atoms with Crippen molar-refractivity contribution in [3.05, 3.63) is 44.3 Å². The molecule has 0 radical (unpaired) electrons. The standard InChI is InChI=1S/C22H24FIN6O2/c1-22(2,3)29-17(32)6-7-30-16(26-18-19(25)27-21(23)28-20(18)30)10-12-8-13-11(9-14(12)24)4-5-15(13)31/h8-9H,4-7,10H2,1-3H3,(H,29,32)(H2,25,27,28). The van der Waals surface area contributed by atoms with Gasteiger partial charge in [-0.3, -0.25) is 9.59 Å². The van der Waals surface area contributed by atoms with Crippen molar-refractivity contribution in [1.29, 1.82) is 0 Å². The minimum absolute atomic E-state index is 0.0505. The van der Waals surface area contributed by atoms with E-state index in [9.17, 15) is 14.0 Å². The van der Waals surface area contributed by atoms with Crippen molar-refractivity contribution in [2.45, 2.75) is 58.5 Å². The summed E-state index contributed by atoms with van der Waals surface area (Å²) in [4.78, 5) is 36.7. The fourth-order valence-electron chi connectivity index (χ4n) is 3.92. The van der Waals surface area contributed by atoms with Crippen LogP contribution in [0.5, 0.6) is 0 Å². The lowest BCUT2D eigenvalue weighted by Gasteiger charge is -2.20. The Morgan fingerprint density at radius 2 is 2.00 bits per heavy atom. The molecule has 0 aliphatic heterocycles. The van der Waals surface area contributed by atoms with Gasteiger partial charge >= 0.3 is 6.08 Å². The molecule has 3 N–H and O–H groups in total. The van der Waals surface area contributed by atoms with E-state index >= 15 is 0 Å². The van der Waals surface area contributed by atoms with E-state index in [2.05, 4.69) is 42.9 Å². The number of anilines is 1. The number of rotatable bonds is 5. The van der Waals surface area contributed by atoms with Gasteiger partial charge in [-0.25, -0.2) is 4.98 Å². The predicted molar refractivity (Wildman–Crippen MR) is 127 cm³/mol. The molecule has 2 aromatic heterocycles. The Balaban J connectivity index is 1.72. The second-order valence-electron chi connectivity index (χ2n) is 8.98. The third kappa shape index (κ3) is 4.59. The van der Waals surface area contributed by atoms with Crippen LogP contribution in [0.4, 0.5) is 10.2 Å². The quantitative estimate of drug-likeness (QED) is 0.373. The summed E-state index contributed by atoms with van der Waals surface area (Å²) in [6, 6.07) is 3.95. The largest absolute Gasteiger partial charge is 0.382 e. The number of carbonyl (C=O) groups excluding carboxylic acids is 2. The molecule has 2 heterocycles. The van der Waals surface area contributed by atoms with Crippen LogP contribution in [0.2, 0.25) is 0 Å². The third-order valence-corrected chi connectivity index (χ3v) is 6.30. The zero-order valence-corrected chi connectivity index (χ0v) is 20.3. The molecule has 168 valence electrons. The van der Waals surface area contributed by atoms with Crippen molar-refractivity contribution in [2.75, 3.05) is 5.73 Å². The fraction of sp³-hybridized carbons (Fsp3) is 0.409. The normalized spacial score (nSPS) is 13.6. The molecule has 1 amide bonds. The molecule has 10 heteroatoms. The molecule has 0 bridgehead atoms. The molecule has 4 rings (SSSR count). The first kappa shape index (κ1) is 22.6. The van der Waals surface area contributed by atoms with E-state index in [1.165, 1.54) is 0 Å². The van der Waals surface area contributed by atoms with E-state index in [1.807, 2.05) is 32.9 Å². The fourth-order valence-corrected chi connectivity index (χ4v) is 4.64. The molecule has 1 aliphatic carbocycles. The zero-order valence-electron chi connectivity index (χ0n) is 18.1. The lowest BCUT2D eigenvalue weighted by molar-refractivity contribution is -0.122. The van der Waals surface area contributed by atoms with Crippen LogP contribution in [-0.2, 0) is 24.2 Å². The molecule has 1 aromatic carbocycles. The third-order valence-electron chi connectivity index (χ3n) is 5.29. The van der Waals surface area contributed by atoms with E-state index in [-0.39, 0.29) is 41.7 Å². The topological polar surface area (TPSA) is 116 Å². The van der Waals surface area contributed by atoms with Gasteiger partial charge in [0, 0.05) is 40.5 Å². The number of nitrogens with one attached hydrogen (secondary N) is 1. The van der Waals surface area contributed by atoms with Crippen LogP contribution < -0.4 is 11.1 Å². The van der Waals surface area contributed by atoms with Crippen LogP contribution in [0.3, 0.4) is 0 Å². The highest BCUT2D eigenvalue weighted by Gasteiger charge is 2.23. The Bertz CT molecular complexity index is 1250. The zero-order chi connectivity index (χ0) is 23.2. The molecule has 1 aliphatic rings. The number of fused-ring (bicyclic) bond motifs is 2. The maximum atomic E-state index is 13.9. The second-order valence-corrected chi connectivity index (χ2v) is 10.1. The maximum Gasteiger partial charge on any atom is 0.312 e. The first-order valence-electron chi connectivity index (χ1n) is 10.4. The van der Waals surface area contributed by atoms with Gasteiger partial charge in [0.2, 0.25) is 5.91 Å². The summed E-state index contributed by atoms with van der Waals surface area (Å²) in [5.74, 6) is 0.539. The Kier molecular flexibility index (Phi) is 5.91. The average Bonchev–Trinajstić information content (AvgIpc) is 3.20. The summed E-state index contributed by atoms with van der Waals surface area (Å²) < 4.78 is 16.7. The number of ketones is 1. The predicted octanol–water partition coefficient (Wildman–Crippen LogP) is 3.18. The molecule has 3 aromatic rings. The van der Waals surface area contributed by atoms with Gasteiger partial charge in [0.05, 0.1) is 0 Å². The average molecular weight is 550 g/mol. The molecule has 32 heavy (non-hydrogen) atoms. The minimum atomic E-state index is -0.945. The van der Waals surface area contributed by atoms with Crippen molar-refractivity contribution in [2.24, 2.45) is 0 Å². The van der Waals surface area contributed by atoms with E-state index in [0.717, 1.165) is 26.7 Å². The SMILES string of the molecule is CC(C)(C)NC(=O)CCn1c(Cc2cc3c(cc2I)CCC3=O)nc2c(N)nc(F)nc21. The molecule has 0 unspecified atom stereocenters. The summed E-state index contributed by atoms with van der Waals surface area (Å²) >= 11 is 2.25. The van der Waals surface area contributed by atoms with Crippen molar-refractivity contribution in [3.63, 3.8) is 0 Å². The number of halogens is 2. The van der Waals surface area contributed by atoms with Crippen molar-refractivity contribution < 1.29 is 14.0 Å². The Morgan fingerprint density at radius 3 is 2.72 bits per heavy atom. The first-order chi connectivity index (χ1) is 15.0. The molecule has 0 fully saturated rings. The van der Waals surface area contributed by atoms with Gasteiger partial charge in [0.1, 0.15) is 5.82 Å². The van der Waals surface area contributed by atoms with E-state index in [0.29, 0.717) is 24.2 Å². The Hall–Kier alpha value is -2.63. The number of carbonyl (C=O) groups is 2. The summed E-state index contributed by atoms with van der Waals surface area (Å²) in [7, 11) is 0. The highest BCUT2D eigenvalue weighted by atomic mass is 127. The number of amides is 1. The Morgan fingerprint density at radius 1 is 1.25 bits per heavy atom. The highest BCUT2D eigenvalue weighted by molar-refractivity contribution is 14.1. The van der Waals surface area contributed by atoms with E-state index in [1.54, 1.807) is 4.57 Å². The number of nitrogens with zero attached hydrogens (tertiary/aromatic N) is 4. The van der Waals surface area contributed by atoms with Gasteiger partial charge in [-0.1, -0.05) is 0 Å². The number of aryl methyl sites for hydroxylation is 2. The van der Waals surface area contributed by atoms with Crippen LogP contribution in [0, 0.1) is 9.65 Å². The van der Waals surface area contributed by atoms with E-state index in [4.69, 9.17) is 5.73 Å². The summed E-state index contributed by atoms with van der Waals surface area (Å²) in [6.07, 6.45) is 0.899. The molecule has 0 spiro atoms. The van der Waals surface area contributed by atoms with Gasteiger partial charge in [-0.2, -0.15) is 14.4 Å². The van der Waals surface area contributed by atoms with Crippen LogP contribution >= 0.6 is 22.6 Å². The molecule has 0 saturated heterocycles. The van der Waals surface area contributed by atoms with Crippen LogP contribution in [0.15, 0.2) is 12.1 Å². The Labute approximate surface area is 198 Å². The number of aromatic nitrogens is 4. The van der Waals surface area contributed by atoms with Crippen molar-refractivity contribution in [3.8, 4) is 0 Å². The molecule has 8 nitrogen and oxygen atoms in total. The van der Waals surface area contributed by atoms with Crippen LogP contribution in [0.1, 0.15) is 60.9 Å². The number of Topliss-reactive ketones (excluding diaryl/α,β-unsaturated/α-hetero) is 1. The van der Waals surface area contributed by atoms with Crippen LogP contribution in [-0.4, -0.2) is 36.7 Å². The number of nitrogens with two attached hydrogens (primary N) is 1. The lowest BCUT2D eigenvalue weighted by atomic mass is 10.0. The monoisotopic (exact) mass is 550 g/mol. The number of benzene rings is 1. The van der Waals surface area contributed by atoms with Crippen molar-refractivity contribution in [1.82, 2.24) is 24.8 Å². The smallest absolute Gasteiger partial charge is 0.312 e. The van der Waals surface area contributed by atoms with Gasteiger partial charge in [-0.15, -0.1) is 0 Å². The second kappa shape index (κ2) is 8.38. The minimum Gasteiger partial charge on any atom is -0.382 e. The maximum absolute atomic E-state index is 13.9. The molecule has 0 atom stereocenters. The number of hydrogen-bond donors (Lipinski definition) is 2. The first-order valence-corrected chi connectivity index (χ1v) is 11.4.